The van der Waals surface area contributed by atoms with Crippen molar-refractivity contribution in [3.63, 3.8) is 0 Å². The van der Waals surface area contributed by atoms with Gasteiger partial charge in [-0.3, -0.25) is 0 Å². The average molecular weight is 164 g/mol. The summed E-state index contributed by atoms with van der Waals surface area (Å²) < 4.78 is 17.2. The molecule has 0 amide bonds. The summed E-state index contributed by atoms with van der Waals surface area (Å²) in [6, 6.07) is 5.54. The van der Waals surface area contributed by atoms with E-state index in [1.54, 1.807) is 12.0 Å². The second kappa shape index (κ2) is 3.54. The molecule has 0 aromatic heterocycles. The maximum atomic E-state index is 12.7. The molecule has 0 N–H and O–H groups in total. The van der Waals surface area contributed by atoms with Gasteiger partial charge in [-0.15, -0.1) is 6.42 Å². The SMILES string of the molecule is C#CC(=O)Oc1ccccc1F. The number of rotatable bonds is 1. The Morgan fingerprint density at radius 3 is 2.75 bits per heavy atom. The van der Waals surface area contributed by atoms with Crippen molar-refractivity contribution in [2.75, 3.05) is 0 Å². The second-order valence-corrected chi connectivity index (χ2v) is 1.96. The zero-order valence-electron chi connectivity index (χ0n) is 6.08. The van der Waals surface area contributed by atoms with E-state index in [4.69, 9.17) is 6.42 Å². The standard InChI is InChI=1S/C9H5FO2/c1-2-9(11)12-8-6-4-3-5-7(8)10/h1,3-6H. The van der Waals surface area contributed by atoms with Crippen LogP contribution in [-0.4, -0.2) is 5.97 Å². The normalized spacial score (nSPS) is 8.67. The summed E-state index contributed by atoms with van der Waals surface area (Å²) in [6.45, 7) is 0. The van der Waals surface area contributed by atoms with E-state index < -0.39 is 11.8 Å². The average Bonchev–Trinajstić information content (AvgIpc) is 2.09. The molecular weight excluding hydrogens is 159 g/mol. The number of carbonyl (C=O) groups is 1. The molecule has 0 heterocycles. The first kappa shape index (κ1) is 8.28. The number of hydrogen-bond donors (Lipinski definition) is 0. The fourth-order valence-electron chi connectivity index (χ4n) is 0.657. The van der Waals surface area contributed by atoms with Crippen LogP contribution < -0.4 is 4.74 Å². The lowest BCUT2D eigenvalue weighted by Gasteiger charge is -1.99. The molecule has 0 unspecified atom stereocenters. The number of ether oxygens (including phenoxy) is 1. The van der Waals surface area contributed by atoms with Crippen LogP contribution in [0.2, 0.25) is 0 Å². The molecule has 12 heavy (non-hydrogen) atoms. The molecule has 0 atom stereocenters. The first-order valence-electron chi connectivity index (χ1n) is 3.17. The molecule has 0 aliphatic heterocycles. The van der Waals surface area contributed by atoms with Gasteiger partial charge in [0.1, 0.15) is 0 Å². The smallest absolute Gasteiger partial charge is 0.389 e. The number of carbonyl (C=O) groups excluding carboxylic acids is 1. The first-order valence-corrected chi connectivity index (χ1v) is 3.17. The van der Waals surface area contributed by atoms with Crippen molar-refractivity contribution in [3.8, 4) is 18.1 Å². The van der Waals surface area contributed by atoms with Gasteiger partial charge in [0.05, 0.1) is 0 Å². The molecule has 0 aliphatic rings. The molecule has 60 valence electrons. The number of terminal acetylenes is 1. The van der Waals surface area contributed by atoms with E-state index in [0.717, 1.165) is 0 Å². The lowest BCUT2D eigenvalue weighted by atomic mass is 10.3. The minimum Gasteiger partial charge on any atom is -0.414 e. The molecular formula is C9H5FO2. The number of para-hydroxylation sites is 1. The molecule has 1 aromatic rings. The molecule has 2 nitrogen and oxygen atoms in total. The van der Waals surface area contributed by atoms with Gasteiger partial charge in [-0.05, 0) is 12.1 Å². The molecule has 1 rings (SSSR count). The number of esters is 1. The molecule has 0 saturated carbocycles. The molecule has 3 heteroatoms. The van der Waals surface area contributed by atoms with Gasteiger partial charge in [0.25, 0.3) is 0 Å². The predicted octanol–water partition coefficient (Wildman–Crippen LogP) is 1.36. The van der Waals surface area contributed by atoms with Crippen molar-refractivity contribution in [1.29, 1.82) is 0 Å². The molecule has 0 radical (unpaired) electrons. The van der Waals surface area contributed by atoms with Crippen LogP contribution >= 0.6 is 0 Å². The van der Waals surface area contributed by atoms with Gasteiger partial charge in [0.2, 0.25) is 0 Å². The Labute approximate surface area is 69.0 Å². The minimum absolute atomic E-state index is 0.152. The van der Waals surface area contributed by atoms with Crippen LogP contribution in [0.3, 0.4) is 0 Å². The van der Waals surface area contributed by atoms with E-state index in [2.05, 4.69) is 4.74 Å². The van der Waals surface area contributed by atoms with E-state index in [0.29, 0.717) is 0 Å². The Balaban J connectivity index is 2.84. The lowest BCUT2D eigenvalue weighted by molar-refractivity contribution is -0.128. The van der Waals surface area contributed by atoms with Crippen LogP contribution in [0.15, 0.2) is 24.3 Å². The number of benzene rings is 1. The Kier molecular flexibility index (Phi) is 2.44. The largest absolute Gasteiger partial charge is 0.414 e. The van der Waals surface area contributed by atoms with Gasteiger partial charge in [0, 0.05) is 5.92 Å². The monoisotopic (exact) mass is 164 g/mol. The first-order chi connectivity index (χ1) is 5.74. The van der Waals surface area contributed by atoms with Crippen molar-refractivity contribution in [3.05, 3.63) is 30.1 Å². The third-order valence-electron chi connectivity index (χ3n) is 1.16. The van der Waals surface area contributed by atoms with Crippen LogP contribution in [0.5, 0.6) is 5.75 Å². The van der Waals surface area contributed by atoms with E-state index in [9.17, 15) is 9.18 Å². The summed E-state index contributed by atoms with van der Waals surface area (Å²) in [6.07, 6.45) is 4.72. The number of halogens is 1. The molecule has 0 aliphatic carbocycles. The van der Waals surface area contributed by atoms with Crippen molar-refractivity contribution < 1.29 is 13.9 Å². The molecule has 0 saturated heterocycles. The summed E-state index contributed by atoms with van der Waals surface area (Å²) in [5.74, 6) is 0.0477. The Morgan fingerprint density at radius 2 is 2.17 bits per heavy atom. The van der Waals surface area contributed by atoms with E-state index in [1.807, 2.05) is 0 Å². The Hall–Kier alpha value is -1.82. The second-order valence-electron chi connectivity index (χ2n) is 1.96. The van der Waals surface area contributed by atoms with Crippen LogP contribution in [-0.2, 0) is 4.79 Å². The van der Waals surface area contributed by atoms with E-state index in [1.165, 1.54) is 18.2 Å². The molecule has 0 fully saturated rings. The van der Waals surface area contributed by atoms with Gasteiger partial charge in [-0.1, -0.05) is 12.1 Å². The van der Waals surface area contributed by atoms with E-state index >= 15 is 0 Å². The summed E-state index contributed by atoms with van der Waals surface area (Å²) in [5.41, 5.74) is 0. The lowest BCUT2D eigenvalue weighted by Crippen LogP contribution is -2.04. The molecule has 0 bridgehead atoms. The van der Waals surface area contributed by atoms with Gasteiger partial charge in [-0.25, -0.2) is 9.18 Å². The number of hydrogen-bond acceptors (Lipinski definition) is 2. The predicted molar refractivity (Wildman–Crippen MR) is 40.9 cm³/mol. The van der Waals surface area contributed by atoms with Crippen LogP contribution in [0.25, 0.3) is 0 Å². The van der Waals surface area contributed by atoms with Gasteiger partial charge < -0.3 is 4.74 Å². The summed E-state index contributed by atoms with van der Waals surface area (Å²) in [7, 11) is 0. The maximum Gasteiger partial charge on any atom is 0.389 e. The summed E-state index contributed by atoms with van der Waals surface area (Å²) >= 11 is 0. The van der Waals surface area contributed by atoms with Crippen LogP contribution in [0.1, 0.15) is 0 Å². The topological polar surface area (TPSA) is 26.3 Å². The Morgan fingerprint density at radius 1 is 1.50 bits per heavy atom. The molecule has 1 aromatic carbocycles. The molecule has 0 spiro atoms. The highest BCUT2D eigenvalue weighted by molar-refractivity contribution is 5.89. The van der Waals surface area contributed by atoms with Gasteiger partial charge in [-0.2, -0.15) is 0 Å². The highest BCUT2D eigenvalue weighted by Gasteiger charge is 2.04. The van der Waals surface area contributed by atoms with Gasteiger partial charge >= 0.3 is 5.97 Å². The highest BCUT2D eigenvalue weighted by Crippen LogP contribution is 2.14. The third-order valence-corrected chi connectivity index (χ3v) is 1.16. The third kappa shape index (κ3) is 1.83. The van der Waals surface area contributed by atoms with Crippen LogP contribution in [0.4, 0.5) is 4.39 Å². The van der Waals surface area contributed by atoms with Crippen molar-refractivity contribution in [2.45, 2.75) is 0 Å². The van der Waals surface area contributed by atoms with Crippen molar-refractivity contribution in [1.82, 2.24) is 0 Å². The van der Waals surface area contributed by atoms with E-state index in [-0.39, 0.29) is 5.75 Å². The highest BCUT2D eigenvalue weighted by atomic mass is 19.1. The quantitative estimate of drug-likeness (QED) is 0.271. The fourth-order valence-corrected chi connectivity index (χ4v) is 0.657. The Bertz CT molecular complexity index is 339. The van der Waals surface area contributed by atoms with Crippen molar-refractivity contribution in [2.24, 2.45) is 0 Å². The maximum absolute atomic E-state index is 12.7. The fraction of sp³-hybridized carbons (Fsp3) is 0. The zero-order chi connectivity index (χ0) is 8.97. The summed E-state index contributed by atoms with van der Waals surface area (Å²) in [5, 5.41) is 0. The van der Waals surface area contributed by atoms with Crippen molar-refractivity contribution >= 4 is 5.97 Å². The van der Waals surface area contributed by atoms with Crippen LogP contribution in [0, 0.1) is 18.2 Å². The minimum atomic E-state index is -0.903. The summed E-state index contributed by atoms with van der Waals surface area (Å²) in [4.78, 5) is 10.5. The van der Waals surface area contributed by atoms with Gasteiger partial charge in [0.15, 0.2) is 11.6 Å². The zero-order valence-corrected chi connectivity index (χ0v) is 6.08.